The van der Waals surface area contributed by atoms with Gasteiger partial charge in [-0.3, -0.25) is 9.69 Å². The van der Waals surface area contributed by atoms with Crippen molar-refractivity contribution < 1.29 is 4.79 Å². The van der Waals surface area contributed by atoms with Crippen molar-refractivity contribution in [1.29, 1.82) is 0 Å². The second kappa shape index (κ2) is 4.99. The molecule has 0 bridgehead atoms. The largest absolute Gasteiger partial charge is 0.273 e. The number of nitrogens with zero attached hydrogens (tertiary/aromatic N) is 3. The molecule has 1 atom stereocenters. The molecule has 7 heteroatoms. The zero-order valence-corrected chi connectivity index (χ0v) is 12.3. The minimum absolute atomic E-state index is 0.0268. The number of hydrogen-bond donors (Lipinski definition) is 0. The number of benzene rings is 1. The van der Waals surface area contributed by atoms with Crippen molar-refractivity contribution in [3.8, 4) is 0 Å². The third kappa shape index (κ3) is 2.06. The maximum absolute atomic E-state index is 12.0. The minimum atomic E-state index is -0.0268. The molecule has 0 spiro atoms. The van der Waals surface area contributed by atoms with Gasteiger partial charge in [-0.1, -0.05) is 45.5 Å². The first kappa shape index (κ1) is 12.1. The van der Waals surface area contributed by atoms with Crippen LogP contribution >= 0.6 is 39.0 Å². The summed E-state index contributed by atoms with van der Waals surface area (Å²) in [5.41, 5.74) is 2.73. The lowest BCUT2D eigenvalue weighted by atomic mass is 10.2. The van der Waals surface area contributed by atoms with E-state index < -0.39 is 0 Å². The zero-order valence-electron chi connectivity index (χ0n) is 9.12. The number of thioether (sulfide) groups is 1. The van der Waals surface area contributed by atoms with E-state index in [2.05, 4.69) is 26.1 Å². The summed E-state index contributed by atoms with van der Waals surface area (Å²) >= 11 is 6.52. The van der Waals surface area contributed by atoms with Gasteiger partial charge in [0.15, 0.2) is 0 Å². The van der Waals surface area contributed by atoms with Gasteiger partial charge in [0, 0.05) is 4.47 Å². The summed E-state index contributed by atoms with van der Waals surface area (Å²) in [7, 11) is 0. The summed E-state index contributed by atoms with van der Waals surface area (Å²) in [6.45, 7) is 0. The number of carbonyl (C=O) groups excluding carboxylic acids is 1. The molecule has 1 amide bonds. The van der Waals surface area contributed by atoms with E-state index in [0.29, 0.717) is 10.9 Å². The summed E-state index contributed by atoms with van der Waals surface area (Å²) in [6.07, 6.45) is 0. The summed E-state index contributed by atoms with van der Waals surface area (Å²) < 4.78 is 1.01. The number of aromatic nitrogens is 2. The molecular formula is C11H8BrN3OS2. The van der Waals surface area contributed by atoms with Crippen molar-refractivity contribution in [1.82, 2.24) is 10.2 Å². The fourth-order valence-electron chi connectivity index (χ4n) is 1.81. The molecule has 2 aromatic rings. The van der Waals surface area contributed by atoms with E-state index in [1.54, 1.807) is 22.2 Å². The molecular weight excluding hydrogens is 334 g/mol. The van der Waals surface area contributed by atoms with Crippen LogP contribution in [0.5, 0.6) is 0 Å². The van der Waals surface area contributed by atoms with Crippen LogP contribution in [0.3, 0.4) is 0 Å². The summed E-state index contributed by atoms with van der Waals surface area (Å²) in [4.78, 5) is 13.7. The molecule has 1 aromatic heterocycles. The Morgan fingerprint density at radius 1 is 1.39 bits per heavy atom. The lowest BCUT2D eigenvalue weighted by Crippen LogP contribution is -2.27. The Morgan fingerprint density at radius 2 is 2.22 bits per heavy atom. The monoisotopic (exact) mass is 341 g/mol. The van der Waals surface area contributed by atoms with E-state index >= 15 is 0 Å². The number of amides is 1. The molecule has 0 N–H and O–H groups in total. The standard InChI is InChI=1S/C11H8BrN3OS2/c12-8-4-2-1-3-7(8)10-15(9(16)5-17-10)11-14-13-6-18-11/h1-4,6,10H,5H2. The van der Waals surface area contributed by atoms with Crippen molar-refractivity contribution >= 4 is 50.1 Å². The first-order valence-corrected chi connectivity index (χ1v) is 7.94. The molecule has 3 rings (SSSR count). The zero-order chi connectivity index (χ0) is 12.5. The van der Waals surface area contributed by atoms with Crippen LogP contribution in [0.1, 0.15) is 10.9 Å². The number of carbonyl (C=O) groups is 1. The van der Waals surface area contributed by atoms with Gasteiger partial charge >= 0.3 is 0 Å². The Kier molecular flexibility index (Phi) is 3.36. The van der Waals surface area contributed by atoms with Crippen LogP contribution in [0.2, 0.25) is 0 Å². The molecule has 0 aliphatic carbocycles. The van der Waals surface area contributed by atoms with Crippen LogP contribution in [0.4, 0.5) is 5.13 Å². The highest BCUT2D eigenvalue weighted by Gasteiger charge is 2.36. The summed E-state index contributed by atoms with van der Waals surface area (Å²) in [6, 6.07) is 7.94. The Morgan fingerprint density at radius 3 is 2.94 bits per heavy atom. The number of rotatable bonds is 2. The molecule has 1 saturated heterocycles. The molecule has 2 heterocycles. The van der Waals surface area contributed by atoms with Crippen LogP contribution in [-0.2, 0) is 4.79 Å². The van der Waals surface area contributed by atoms with Crippen molar-refractivity contribution in [3.05, 3.63) is 39.8 Å². The van der Waals surface area contributed by atoms with Gasteiger partial charge in [-0.2, -0.15) is 0 Å². The molecule has 1 aromatic carbocycles. The number of hydrogen-bond acceptors (Lipinski definition) is 5. The van der Waals surface area contributed by atoms with Gasteiger partial charge in [0.05, 0.1) is 5.75 Å². The highest BCUT2D eigenvalue weighted by molar-refractivity contribution is 9.10. The average Bonchev–Trinajstić information content (AvgIpc) is 2.98. The minimum Gasteiger partial charge on any atom is -0.273 e. The van der Waals surface area contributed by atoms with E-state index in [-0.39, 0.29) is 11.3 Å². The third-order valence-electron chi connectivity index (χ3n) is 2.59. The van der Waals surface area contributed by atoms with Crippen molar-refractivity contribution in [2.75, 3.05) is 10.7 Å². The van der Waals surface area contributed by atoms with E-state index in [4.69, 9.17) is 0 Å². The Balaban J connectivity index is 2.02. The normalized spacial score (nSPS) is 19.5. The Bertz CT molecular complexity index is 575. The molecule has 1 aliphatic rings. The predicted molar refractivity (Wildman–Crippen MR) is 76.7 cm³/mol. The van der Waals surface area contributed by atoms with Gasteiger partial charge in [0.25, 0.3) is 0 Å². The quantitative estimate of drug-likeness (QED) is 0.842. The van der Waals surface area contributed by atoms with Gasteiger partial charge in [-0.05, 0) is 11.6 Å². The van der Waals surface area contributed by atoms with Crippen LogP contribution in [-0.4, -0.2) is 21.9 Å². The molecule has 18 heavy (non-hydrogen) atoms. The first-order chi connectivity index (χ1) is 8.77. The van der Waals surface area contributed by atoms with E-state index in [1.165, 1.54) is 11.3 Å². The molecule has 1 fully saturated rings. The Labute approximate surface area is 121 Å². The highest BCUT2D eigenvalue weighted by Crippen LogP contribution is 2.44. The predicted octanol–water partition coefficient (Wildman–Crippen LogP) is 3.08. The molecule has 0 saturated carbocycles. The van der Waals surface area contributed by atoms with E-state index in [1.807, 2.05) is 24.3 Å². The fraction of sp³-hybridized carbons (Fsp3) is 0.182. The van der Waals surface area contributed by atoms with Crippen molar-refractivity contribution in [3.63, 3.8) is 0 Å². The summed E-state index contributed by atoms with van der Waals surface area (Å²) in [5, 5.41) is 8.44. The van der Waals surface area contributed by atoms with Crippen LogP contribution in [0, 0.1) is 0 Å². The topological polar surface area (TPSA) is 46.1 Å². The maximum Gasteiger partial charge on any atom is 0.240 e. The maximum atomic E-state index is 12.0. The second-order valence-corrected chi connectivity index (χ2v) is 6.40. The number of halogens is 1. The van der Waals surface area contributed by atoms with Crippen LogP contribution < -0.4 is 4.90 Å². The third-order valence-corrected chi connectivity index (χ3v) is 5.20. The van der Waals surface area contributed by atoms with Gasteiger partial charge in [0.2, 0.25) is 11.0 Å². The van der Waals surface area contributed by atoms with Gasteiger partial charge < -0.3 is 0 Å². The summed E-state index contributed by atoms with van der Waals surface area (Å²) in [5.74, 6) is 0.559. The van der Waals surface area contributed by atoms with Crippen LogP contribution in [0.15, 0.2) is 34.2 Å². The van der Waals surface area contributed by atoms with Crippen molar-refractivity contribution in [2.45, 2.75) is 5.37 Å². The molecule has 4 nitrogen and oxygen atoms in total. The average molecular weight is 342 g/mol. The van der Waals surface area contributed by atoms with Gasteiger partial charge in [-0.25, -0.2) is 0 Å². The Hall–Kier alpha value is -0.920. The van der Waals surface area contributed by atoms with E-state index in [0.717, 1.165) is 10.0 Å². The van der Waals surface area contributed by atoms with E-state index in [9.17, 15) is 4.79 Å². The van der Waals surface area contributed by atoms with Gasteiger partial charge in [-0.15, -0.1) is 22.0 Å². The lowest BCUT2D eigenvalue weighted by Gasteiger charge is -2.21. The number of anilines is 1. The smallest absolute Gasteiger partial charge is 0.240 e. The van der Waals surface area contributed by atoms with Crippen molar-refractivity contribution in [2.24, 2.45) is 0 Å². The first-order valence-electron chi connectivity index (χ1n) is 5.21. The van der Waals surface area contributed by atoms with Crippen LogP contribution in [0.25, 0.3) is 0 Å². The van der Waals surface area contributed by atoms with Gasteiger partial charge in [0.1, 0.15) is 10.9 Å². The highest BCUT2D eigenvalue weighted by atomic mass is 79.9. The second-order valence-electron chi connectivity index (χ2n) is 3.67. The molecule has 1 aliphatic heterocycles. The molecule has 0 radical (unpaired) electrons. The lowest BCUT2D eigenvalue weighted by molar-refractivity contribution is -0.115. The fourth-order valence-corrected chi connectivity index (χ4v) is 4.32. The SMILES string of the molecule is O=C1CSC(c2ccccc2Br)N1c1nncs1. The molecule has 92 valence electrons. The molecule has 1 unspecified atom stereocenters.